The number of rotatable bonds is 2. The highest BCUT2D eigenvalue weighted by molar-refractivity contribution is 6.30. The fourth-order valence-electron chi connectivity index (χ4n) is 1.23. The Morgan fingerprint density at radius 1 is 1.50 bits per heavy atom. The van der Waals surface area contributed by atoms with E-state index in [1.54, 1.807) is 6.07 Å². The van der Waals surface area contributed by atoms with Crippen LogP contribution in [0.3, 0.4) is 0 Å². The molecular weight excluding hydrogens is 235 g/mol. The Hall–Kier alpha value is -1.88. The molecule has 0 radical (unpaired) electrons. The number of hydrogen-bond acceptors (Lipinski definition) is 2. The molecule has 0 spiro atoms. The van der Waals surface area contributed by atoms with E-state index in [-0.39, 0.29) is 16.3 Å². The van der Waals surface area contributed by atoms with Gasteiger partial charge in [0.25, 0.3) is 0 Å². The third-order valence-corrected chi connectivity index (χ3v) is 2.30. The molecular formula is C10H6ClFN2O2. The van der Waals surface area contributed by atoms with E-state index < -0.39 is 11.8 Å². The molecule has 1 aromatic heterocycles. The van der Waals surface area contributed by atoms with E-state index in [9.17, 15) is 9.18 Å². The molecule has 0 fully saturated rings. The van der Waals surface area contributed by atoms with Crippen LogP contribution >= 0.6 is 11.6 Å². The maximum Gasteiger partial charge on any atom is 0.338 e. The van der Waals surface area contributed by atoms with Gasteiger partial charge >= 0.3 is 5.97 Å². The van der Waals surface area contributed by atoms with Gasteiger partial charge in [-0.1, -0.05) is 17.7 Å². The normalized spacial score (nSPS) is 10.4. The van der Waals surface area contributed by atoms with Gasteiger partial charge in [-0.3, -0.25) is 0 Å². The third kappa shape index (κ3) is 1.77. The fraction of sp³-hybridized carbons (Fsp3) is 0. The first-order valence-corrected chi connectivity index (χ1v) is 4.70. The fourth-order valence-corrected chi connectivity index (χ4v) is 1.40. The summed E-state index contributed by atoms with van der Waals surface area (Å²) in [7, 11) is 0. The predicted molar refractivity (Wildman–Crippen MR) is 55.5 cm³/mol. The van der Waals surface area contributed by atoms with Gasteiger partial charge < -0.3 is 5.11 Å². The minimum atomic E-state index is -1.12. The zero-order chi connectivity index (χ0) is 11.7. The molecule has 0 aliphatic rings. The summed E-state index contributed by atoms with van der Waals surface area (Å²) in [6, 6.07) is 4.42. The maximum atomic E-state index is 13.6. The highest BCUT2D eigenvalue weighted by atomic mass is 35.5. The molecule has 0 aliphatic heterocycles. The quantitative estimate of drug-likeness (QED) is 0.877. The van der Waals surface area contributed by atoms with E-state index in [2.05, 4.69) is 5.10 Å². The van der Waals surface area contributed by atoms with Crippen molar-refractivity contribution in [3.8, 4) is 5.69 Å². The van der Waals surface area contributed by atoms with Crippen LogP contribution in [0.2, 0.25) is 5.02 Å². The topological polar surface area (TPSA) is 55.1 Å². The zero-order valence-electron chi connectivity index (χ0n) is 7.89. The summed E-state index contributed by atoms with van der Waals surface area (Å²) in [5, 5.41) is 12.4. The second-order valence-corrected chi connectivity index (χ2v) is 3.46. The van der Waals surface area contributed by atoms with Gasteiger partial charge in [0.05, 0.1) is 16.8 Å². The molecule has 2 aromatic rings. The van der Waals surface area contributed by atoms with Gasteiger partial charge in [0.15, 0.2) is 5.82 Å². The number of halogens is 2. The SMILES string of the molecule is O=C(O)c1cnn(-c2cccc(Cl)c2F)c1. The van der Waals surface area contributed by atoms with E-state index in [1.807, 2.05) is 0 Å². The Morgan fingerprint density at radius 3 is 2.88 bits per heavy atom. The maximum absolute atomic E-state index is 13.6. The van der Waals surface area contributed by atoms with Gasteiger partial charge in [-0.15, -0.1) is 0 Å². The number of carbonyl (C=O) groups is 1. The van der Waals surface area contributed by atoms with Crippen molar-refractivity contribution in [1.29, 1.82) is 0 Å². The largest absolute Gasteiger partial charge is 0.478 e. The molecule has 0 aliphatic carbocycles. The standard InChI is InChI=1S/C10H6ClFN2O2/c11-7-2-1-3-8(9(7)12)14-5-6(4-13-14)10(15)16/h1-5H,(H,15,16). The zero-order valence-corrected chi connectivity index (χ0v) is 8.65. The van der Waals surface area contributed by atoms with E-state index in [1.165, 1.54) is 18.3 Å². The van der Waals surface area contributed by atoms with Gasteiger partial charge in [-0.25, -0.2) is 13.9 Å². The number of nitrogens with zero attached hydrogens (tertiary/aromatic N) is 2. The van der Waals surface area contributed by atoms with Crippen molar-refractivity contribution < 1.29 is 14.3 Å². The predicted octanol–water partition coefficient (Wildman–Crippen LogP) is 2.36. The lowest BCUT2D eigenvalue weighted by atomic mass is 10.3. The third-order valence-electron chi connectivity index (χ3n) is 2.01. The number of aromatic nitrogens is 2. The first kappa shape index (κ1) is 10.6. The minimum Gasteiger partial charge on any atom is -0.478 e. The Bertz CT molecular complexity index is 554. The van der Waals surface area contributed by atoms with Crippen molar-refractivity contribution in [2.75, 3.05) is 0 Å². The molecule has 2 rings (SSSR count). The summed E-state index contributed by atoms with van der Waals surface area (Å²) in [5.41, 5.74) is 0.0966. The van der Waals surface area contributed by atoms with Gasteiger partial charge in [0, 0.05) is 6.20 Å². The number of carboxylic acids is 1. The summed E-state index contributed by atoms with van der Waals surface area (Å²) >= 11 is 5.60. The lowest BCUT2D eigenvalue weighted by Crippen LogP contribution is -1.99. The Morgan fingerprint density at radius 2 is 2.25 bits per heavy atom. The van der Waals surface area contributed by atoms with Gasteiger partial charge in [0.2, 0.25) is 0 Å². The first-order valence-electron chi connectivity index (χ1n) is 4.32. The van der Waals surface area contributed by atoms with Crippen molar-refractivity contribution in [2.45, 2.75) is 0 Å². The number of hydrogen-bond donors (Lipinski definition) is 1. The van der Waals surface area contributed by atoms with Crippen LogP contribution in [0.15, 0.2) is 30.6 Å². The Labute approximate surface area is 94.9 Å². The summed E-state index contributed by atoms with van der Waals surface area (Å²) < 4.78 is 14.7. The van der Waals surface area contributed by atoms with Gasteiger partial charge in [0.1, 0.15) is 5.69 Å². The van der Waals surface area contributed by atoms with Crippen LogP contribution in [0.25, 0.3) is 5.69 Å². The second kappa shape index (κ2) is 3.94. The molecule has 16 heavy (non-hydrogen) atoms. The molecule has 1 aromatic carbocycles. The highest BCUT2D eigenvalue weighted by Gasteiger charge is 2.11. The van der Waals surface area contributed by atoms with Crippen LogP contribution in [0.1, 0.15) is 10.4 Å². The average molecular weight is 241 g/mol. The van der Waals surface area contributed by atoms with Crippen LogP contribution in [0.4, 0.5) is 4.39 Å². The summed E-state index contributed by atoms with van der Waals surface area (Å²) in [6.07, 6.45) is 2.36. The monoisotopic (exact) mass is 240 g/mol. The smallest absolute Gasteiger partial charge is 0.338 e. The van der Waals surface area contributed by atoms with Crippen LogP contribution in [-0.2, 0) is 0 Å². The highest BCUT2D eigenvalue weighted by Crippen LogP contribution is 2.20. The van der Waals surface area contributed by atoms with E-state index in [0.29, 0.717) is 0 Å². The van der Waals surface area contributed by atoms with Crippen molar-refractivity contribution in [2.24, 2.45) is 0 Å². The van der Waals surface area contributed by atoms with Crippen LogP contribution < -0.4 is 0 Å². The molecule has 0 saturated heterocycles. The van der Waals surface area contributed by atoms with Crippen molar-refractivity contribution >= 4 is 17.6 Å². The molecule has 0 atom stereocenters. The van der Waals surface area contributed by atoms with Crippen molar-refractivity contribution in [3.63, 3.8) is 0 Å². The molecule has 4 nitrogen and oxygen atoms in total. The number of carboxylic acid groups (broad SMARTS) is 1. The minimum absolute atomic E-state index is 0.0145. The summed E-state index contributed by atoms with van der Waals surface area (Å²) in [6.45, 7) is 0. The molecule has 1 N–H and O–H groups in total. The van der Waals surface area contributed by atoms with Crippen LogP contribution in [0, 0.1) is 5.82 Å². The first-order chi connectivity index (χ1) is 7.59. The lowest BCUT2D eigenvalue weighted by molar-refractivity contribution is 0.0697. The number of aromatic carboxylic acids is 1. The van der Waals surface area contributed by atoms with Crippen LogP contribution in [0.5, 0.6) is 0 Å². The lowest BCUT2D eigenvalue weighted by Gasteiger charge is -2.03. The molecule has 82 valence electrons. The van der Waals surface area contributed by atoms with Gasteiger partial charge in [-0.05, 0) is 12.1 Å². The Kier molecular flexibility index (Phi) is 2.62. The summed E-state index contributed by atoms with van der Waals surface area (Å²) in [4.78, 5) is 10.6. The number of benzene rings is 1. The Balaban J connectivity index is 2.50. The van der Waals surface area contributed by atoms with Crippen LogP contribution in [-0.4, -0.2) is 20.9 Å². The second-order valence-electron chi connectivity index (χ2n) is 3.05. The van der Waals surface area contributed by atoms with E-state index >= 15 is 0 Å². The van der Waals surface area contributed by atoms with E-state index in [4.69, 9.17) is 16.7 Å². The molecule has 0 amide bonds. The molecule has 0 unspecified atom stereocenters. The van der Waals surface area contributed by atoms with E-state index in [0.717, 1.165) is 10.9 Å². The molecule has 0 saturated carbocycles. The van der Waals surface area contributed by atoms with Crippen molar-refractivity contribution in [3.05, 3.63) is 47.0 Å². The van der Waals surface area contributed by atoms with Crippen molar-refractivity contribution in [1.82, 2.24) is 9.78 Å². The molecule has 6 heteroatoms. The van der Waals surface area contributed by atoms with Gasteiger partial charge in [-0.2, -0.15) is 5.10 Å². The molecule has 0 bridgehead atoms. The average Bonchev–Trinajstić information content (AvgIpc) is 2.71. The summed E-state index contributed by atoms with van der Waals surface area (Å²) in [5.74, 6) is -1.75. The molecule has 1 heterocycles.